The molecule has 0 aromatic rings. The molecule has 0 aromatic carbocycles. The maximum Gasteiger partial charge on any atom is 0.332 e. The molecular formula is C12H21NO4. The average Bonchev–Trinajstić information content (AvgIpc) is 3.01. The highest BCUT2D eigenvalue weighted by Gasteiger charge is 2.10. The highest BCUT2D eigenvalue weighted by atomic mass is 16.5. The number of carboxylic acid groups (broad SMARTS) is 1. The zero-order chi connectivity index (χ0) is 14.0. The Labute approximate surface area is 102 Å². The fraction of sp³-hybridized carbons (Fsp3) is 0.500. The van der Waals surface area contributed by atoms with Crippen molar-refractivity contribution in [3.63, 3.8) is 0 Å². The minimum Gasteiger partial charge on any atom is -0.478 e. The maximum absolute atomic E-state index is 10.2. The highest BCUT2D eigenvalue weighted by Crippen LogP contribution is 1.89. The van der Waals surface area contributed by atoms with Crippen LogP contribution < -0.4 is 5.32 Å². The summed E-state index contributed by atoms with van der Waals surface area (Å²) in [6.07, 6.45) is 0. The van der Waals surface area contributed by atoms with Crippen LogP contribution in [0.15, 0.2) is 24.3 Å². The summed E-state index contributed by atoms with van der Waals surface area (Å²) < 4.78 is 4.27. The van der Waals surface area contributed by atoms with E-state index in [1.807, 2.05) is 0 Å². The molecule has 17 heavy (non-hydrogen) atoms. The molecule has 5 heteroatoms. The van der Waals surface area contributed by atoms with E-state index < -0.39 is 5.97 Å². The molecule has 98 valence electrons. The third-order valence-electron chi connectivity index (χ3n) is 1.51. The van der Waals surface area contributed by atoms with Gasteiger partial charge in [-0.05, 0) is 20.8 Å². The first-order valence-electron chi connectivity index (χ1n) is 5.08. The van der Waals surface area contributed by atoms with E-state index in [1.54, 1.807) is 6.92 Å². The van der Waals surface area contributed by atoms with E-state index in [1.165, 1.54) is 20.6 Å². The van der Waals surface area contributed by atoms with Gasteiger partial charge in [-0.25, -0.2) is 9.59 Å². The first-order chi connectivity index (χ1) is 7.72. The minimum atomic E-state index is -0.935. The molecule has 0 radical (unpaired) electrons. The van der Waals surface area contributed by atoms with Crippen LogP contribution in [-0.2, 0) is 14.3 Å². The Bertz CT molecular complexity index is 281. The molecule has 1 saturated heterocycles. The summed E-state index contributed by atoms with van der Waals surface area (Å²) in [7, 11) is 1.33. The molecule has 2 N–H and O–H groups in total. The van der Waals surface area contributed by atoms with E-state index in [0.717, 1.165) is 6.04 Å². The smallest absolute Gasteiger partial charge is 0.332 e. The molecule has 1 aliphatic heterocycles. The second-order valence-electron chi connectivity index (χ2n) is 3.67. The van der Waals surface area contributed by atoms with Gasteiger partial charge in [0.25, 0.3) is 0 Å². The largest absolute Gasteiger partial charge is 0.478 e. The predicted octanol–water partition coefficient (Wildman–Crippen LogP) is 1.36. The zero-order valence-corrected chi connectivity index (χ0v) is 10.9. The quantitative estimate of drug-likeness (QED) is 0.434. The Balaban J connectivity index is 0. The van der Waals surface area contributed by atoms with Gasteiger partial charge in [0.2, 0.25) is 0 Å². The third kappa shape index (κ3) is 17.0. The molecular weight excluding hydrogens is 222 g/mol. The number of esters is 1. The normalized spacial score (nSPS) is 15.2. The molecule has 1 unspecified atom stereocenters. The Morgan fingerprint density at radius 3 is 1.59 bits per heavy atom. The van der Waals surface area contributed by atoms with Crippen molar-refractivity contribution in [2.45, 2.75) is 26.8 Å². The first-order valence-corrected chi connectivity index (χ1v) is 5.08. The molecule has 1 aliphatic rings. The Morgan fingerprint density at radius 2 is 1.59 bits per heavy atom. The number of carbonyl (C=O) groups excluding carboxylic acids is 1. The van der Waals surface area contributed by atoms with Crippen molar-refractivity contribution in [1.29, 1.82) is 0 Å². The number of hydrogen-bond donors (Lipinski definition) is 2. The van der Waals surface area contributed by atoms with E-state index in [0.29, 0.717) is 5.57 Å². The molecule has 1 rings (SSSR count). The molecule has 0 saturated carbocycles. The minimum absolute atomic E-state index is 0.176. The molecule has 0 amide bonds. The summed E-state index contributed by atoms with van der Waals surface area (Å²) >= 11 is 0. The maximum atomic E-state index is 10.2. The van der Waals surface area contributed by atoms with Gasteiger partial charge in [0.05, 0.1) is 7.11 Å². The highest BCUT2D eigenvalue weighted by molar-refractivity contribution is 5.86. The van der Waals surface area contributed by atoms with Crippen LogP contribution in [0.5, 0.6) is 0 Å². The van der Waals surface area contributed by atoms with E-state index in [-0.39, 0.29) is 11.5 Å². The van der Waals surface area contributed by atoms with Crippen LogP contribution in [0.4, 0.5) is 0 Å². The Kier molecular flexibility index (Phi) is 10.0. The molecule has 1 atom stereocenters. The molecule has 0 bridgehead atoms. The lowest BCUT2D eigenvalue weighted by Gasteiger charge is -1.91. The van der Waals surface area contributed by atoms with Crippen LogP contribution in [0, 0.1) is 0 Å². The summed E-state index contributed by atoms with van der Waals surface area (Å²) in [5.74, 6) is -1.28. The number of ether oxygens (including phenoxy) is 1. The Hall–Kier alpha value is -1.62. The second-order valence-corrected chi connectivity index (χ2v) is 3.67. The standard InChI is InChI=1S/C5H8O2.C4H6O2.C3H7N/c1-4(2)5(6)7-3;1-3(2)4(5)6;1-3-2-4-3/h1H2,2-3H3;1H2,2H3,(H,5,6);3-4H,2H2,1H3. The van der Waals surface area contributed by atoms with Crippen molar-refractivity contribution in [2.75, 3.05) is 13.7 Å². The third-order valence-corrected chi connectivity index (χ3v) is 1.51. The second kappa shape index (κ2) is 9.59. The number of rotatable bonds is 2. The van der Waals surface area contributed by atoms with Gasteiger partial charge in [-0.3, -0.25) is 0 Å². The van der Waals surface area contributed by atoms with Crippen LogP contribution in [0.3, 0.4) is 0 Å². The van der Waals surface area contributed by atoms with Crippen molar-refractivity contribution in [3.05, 3.63) is 24.3 Å². The van der Waals surface area contributed by atoms with Gasteiger partial charge < -0.3 is 15.2 Å². The first kappa shape index (κ1) is 17.8. The lowest BCUT2D eigenvalue weighted by molar-refractivity contribution is -0.136. The fourth-order valence-corrected chi connectivity index (χ4v) is 0.292. The molecule has 1 heterocycles. The number of methoxy groups -OCH3 is 1. The van der Waals surface area contributed by atoms with E-state index in [9.17, 15) is 9.59 Å². The summed E-state index contributed by atoms with van der Waals surface area (Å²) in [4.78, 5) is 19.8. The zero-order valence-electron chi connectivity index (χ0n) is 10.9. The van der Waals surface area contributed by atoms with Gasteiger partial charge in [-0.15, -0.1) is 0 Å². The van der Waals surface area contributed by atoms with E-state index in [2.05, 4.69) is 30.1 Å². The van der Waals surface area contributed by atoms with Crippen LogP contribution in [0.25, 0.3) is 0 Å². The van der Waals surface area contributed by atoms with Crippen molar-refractivity contribution < 1.29 is 19.4 Å². The number of carbonyl (C=O) groups is 2. The van der Waals surface area contributed by atoms with Crippen molar-refractivity contribution >= 4 is 11.9 Å². The monoisotopic (exact) mass is 243 g/mol. The van der Waals surface area contributed by atoms with Crippen molar-refractivity contribution in [2.24, 2.45) is 0 Å². The fourth-order valence-electron chi connectivity index (χ4n) is 0.292. The topological polar surface area (TPSA) is 85.5 Å². The number of hydrogen-bond acceptors (Lipinski definition) is 4. The lowest BCUT2D eigenvalue weighted by atomic mass is 10.4. The molecule has 0 aliphatic carbocycles. The predicted molar refractivity (Wildman–Crippen MR) is 66.7 cm³/mol. The van der Waals surface area contributed by atoms with E-state index >= 15 is 0 Å². The Morgan fingerprint density at radius 1 is 1.29 bits per heavy atom. The van der Waals surface area contributed by atoms with Crippen molar-refractivity contribution in [3.8, 4) is 0 Å². The number of carboxylic acids is 1. The van der Waals surface area contributed by atoms with Crippen LogP contribution in [-0.4, -0.2) is 36.7 Å². The van der Waals surface area contributed by atoms with Crippen LogP contribution in [0.1, 0.15) is 20.8 Å². The van der Waals surface area contributed by atoms with Gasteiger partial charge in [-0.1, -0.05) is 13.2 Å². The van der Waals surface area contributed by atoms with Crippen molar-refractivity contribution in [1.82, 2.24) is 5.32 Å². The van der Waals surface area contributed by atoms with Crippen LogP contribution in [0.2, 0.25) is 0 Å². The molecule has 1 fully saturated rings. The van der Waals surface area contributed by atoms with Gasteiger partial charge in [0.15, 0.2) is 0 Å². The summed E-state index contributed by atoms with van der Waals surface area (Å²) in [6, 6.07) is 0.833. The van der Waals surface area contributed by atoms with Gasteiger partial charge in [-0.2, -0.15) is 0 Å². The number of nitrogens with one attached hydrogen (secondary N) is 1. The SMILES string of the molecule is C=C(C)C(=O)O.C=C(C)C(=O)OC.CC1CN1. The van der Waals surface area contributed by atoms with E-state index in [4.69, 9.17) is 5.11 Å². The summed E-state index contributed by atoms with van der Waals surface area (Å²) in [5.41, 5.74) is 0.609. The molecule has 0 spiro atoms. The van der Waals surface area contributed by atoms with Gasteiger partial charge in [0, 0.05) is 23.7 Å². The summed E-state index contributed by atoms with van der Waals surface area (Å²) in [6.45, 7) is 13.0. The van der Waals surface area contributed by atoms with Crippen LogP contribution >= 0.6 is 0 Å². The van der Waals surface area contributed by atoms with Gasteiger partial charge >= 0.3 is 11.9 Å². The molecule has 0 aromatic heterocycles. The summed E-state index contributed by atoms with van der Waals surface area (Å²) in [5, 5.41) is 11.0. The van der Waals surface area contributed by atoms with Gasteiger partial charge in [0.1, 0.15) is 0 Å². The lowest BCUT2D eigenvalue weighted by Crippen LogP contribution is -1.98. The average molecular weight is 243 g/mol. The molecule has 5 nitrogen and oxygen atoms in total. The number of aliphatic carboxylic acids is 1.